The fourth-order valence-corrected chi connectivity index (χ4v) is 1.70. The van der Waals surface area contributed by atoms with Gasteiger partial charge >= 0.3 is 0 Å². The summed E-state index contributed by atoms with van der Waals surface area (Å²) in [7, 11) is 0. The standard InChI is InChI=1S/C11H8F3N2O2/c12-9-6-8(16(17)18)2-3-10(9)15-5-1-4-11(13,14)7-15/h1-3,6H,5,7H2. The third-order valence-corrected chi connectivity index (χ3v) is 2.50. The van der Waals surface area contributed by atoms with Gasteiger partial charge in [0, 0.05) is 18.7 Å². The van der Waals surface area contributed by atoms with Crippen LogP contribution in [0.3, 0.4) is 0 Å². The molecule has 0 N–H and O–H groups in total. The van der Waals surface area contributed by atoms with Crippen LogP contribution in [-0.2, 0) is 0 Å². The molecule has 2 rings (SSSR count). The number of halogens is 3. The first-order valence-electron chi connectivity index (χ1n) is 5.05. The van der Waals surface area contributed by atoms with Crippen molar-refractivity contribution in [3.63, 3.8) is 0 Å². The van der Waals surface area contributed by atoms with Gasteiger partial charge in [-0.2, -0.15) is 8.78 Å². The summed E-state index contributed by atoms with van der Waals surface area (Å²) in [6.07, 6.45) is 2.99. The monoisotopic (exact) mass is 257 g/mol. The molecule has 1 aromatic carbocycles. The molecule has 0 spiro atoms. The van der Waals surface area contributed by atoms with Gasteiger partial charge in [0.15, 0.2) is 5.82 Å². The lowest BCUT2D eigenvalue weighted by atomic mass is 10.1. The zero-order valence-corrected chi connectivity index (χ0v) is 9.07. The second kappa shape index (κ2) is 4.32. The maximum Gasteiger partial charge on any atom is 0.290 e. The summed E-state index contributed by atoms with van der Waals surface area (Å²) < 4.78 is 39.8. The number of non-ortho nitro benzene ring substituents is 1. The highest BCUT2D eigenvalue weighted by Gasteiger charge is 2.33. The average Bonchev–Trinajstić information content (AvgIpc) is 2.27. The Labute approximate surface area is 100 Å². The summed E-state index contributed by atoms with van der Waals surface area (Å²) in [5, 5.41) is 10.4. The molecule has 0 fully saturated rings. The van der Waals surface area contributed by atoms with Crippen LogP contribution in [0.15, 0.2) is 24.3 Å². The van der Waals surface area contributed by atoms with Crippen LogP contribution in [0.25, 0.3) is 0 Å². The van der Waals surface area contributed by atoms with Gasteiger partial charge in [-0.3, -0.25) is 10.1 Å². The van der Waals surface area contributed by atoms with E-state index in [1.165, 1.54) is 0 Å². The Balaban J connectivity index is 2.30. The van der Waals surface area contributed by atoms with Gasteiger partial charge in [0.2, 0.25) is 0 Å². The highest BCUT2D eigenvalue weighted by molar-refractivity contribution is 5.53. The molecule has 0 unspecified atom stereocenters. The quantitative estimate of drug-likeness (QED) is 0.604. The van der Waals surface area contributed by atoms with Gasteiger partial charge in [0.25, 0.3) is 11.6 Å². The zero-order valence-electron chi connectivity index (χ0n) is 9.07. The van der Waals surface area contributed by atoms with Gasteiger partial charge in [0.05, 0.1) is 23.2 Å². The van der Waals surface area contributed by atoms with E-state index in [4.69, 9.17) is 0 Å². The van der Waals surface area contributed by atoms with E-state index in [9.17, 15) is 23.3 Å². The second-order valence-corrected chi connectivity index (χ2v) is 3.83. The van der Waals surface area contributed by atoms with E-state index in [2.05, 4.69) is 0 Å². The molecule has 1 aliphatic rings. The molecular weight excluding hydrogens is 249 g/mol. The van der Waals surface area contributed by atoms with E-state index < -0.39 is 28.9 Å². The van der Waals surface area contributed by atoms with Crippen molar-refractivity contribution in [3.05, 3.63) is 46.3 Å². The lowest BCUT2D eigenvalue weighted by Gasteiger charge is -2.30. The lowest BCUT2D eigenvalue weighted by Crippen LogP contribution is -2.40. The molecule has 0 saturated heterocycles. The fourth-order valence-electron chi connectivity index (χ4n) is 1.70. The van der Waals surface area contributed by atoms with Crippen molar-refractivity contribution in [3.8, 4) is 0 Å². The predicted octanol–water partition coefficient (Wildman–Crippen LogP) is 2.55. The predicted molar refractivity (Wildman–Crippen MR) is 58.0 cm³/mol. The van der Waals surface area contributed by atoms with E-state index >= 15 is 0 Å². The first kappa shape index (κ1) is 12.4. The van der Waals surface area contributed by atoms with Crippen LogP contribution in [-0.4, -0.2) is 23.9 Å². The van der Waals surface area contributed by atoms with Gasteiger partial charge in [-0.15, -0.1) is 0 Å². The van der Waals surface area contributed by atoms with E-state index in [1.54, 1.807) is 0 Å². The molecule has 0 aromatic heterocycles. The van der Waals surface area contributed by atoms with Gasteiger partial charge in [-0.25, -0.2) is 4.39 Å². The van der Waals surface area contributed by atoms with Crippen molar-refractivity contribution in [1.29, 1.82) is 0 Å². The van der Waals surface area contributed by atoms with Crippen molar-refractivity contribution in [2.75, 3.05) is 18.0 Å². The maximum atomic E-state index is 13.6. The number of rotatable bonds is 2. The third-order valence-electron chi connectivity index (χ3n) is 2.50. The number of alkyl halides is 2. The molecule has 1 radical (unpaired) electrons. The molecule has 0 amide bonds. The van der Waals surface area contributed by atoms with E-state index in [0.717, 1.165) is 29.2 Å². The SMILES string of the molecule is O=[N+]([O-])c1ccc(N2CC=[C]C(F)(F)C2)c(F)c1. The Bertz CT molecular complexity index is 517. The summed E-state index contributed by atoms with van der Waals surface area (Å²) in [5.74, 6) is -4.04. The smallest absolute Gasteiger partial charge is 0.290 e. The van der Waals surface area contributed by atoms with E-state index in [-0.39, 0.29) is 12.2 Å². The normalized spacial score (nSPS) is 17.8. The molecule has 95 valence electrons. The van der Waals surface area contributed by atoms with E-state index in [1.807, 2.05) is 6.08 Å². The molecule has 7 heteroatoms. The van der Waals surface area contributed by atoms with E-state index in [0.29, 0.717) is 0 Å². The minimum Gasteiger partial charge on any atom is -0.359 e. The number of hydrogen-bond donors (Lipinski definition) is 0. The van der Waals surface area contributed by atoms with Crippen LogP contribution in [0.1, 0.15) is 0 Å². The van der Waals surface area contributed by atoms with Crippen LogP contribution in [0.5, 0.6) is 0 Å². The molecule has 4 nitrogen and oxygen atoms in total. The van der Waals surface area contributed by atoms with Gasteiger partial charge in [-0.05, 0) is 6.07 Å². The first-order valence-corrected chi connectivity index (χ1v) is 5.05. The van der Waals surface area contributed by atoms with Gasteiger partial charge < -0.3 is 4.90 Å². The fraction of sp³-hybridized carbons (Fsp3) is 0.273. The summed E-state index contributed by atoms with van der Waals surface area (Å²) in [4.78, 5) is 10.8. The maximum absolute atomic E-state index is 13.6. The number of nitro benzene ring substituents is 1. The first-order chi connectivity index (χ1) is 8.39. The molecular formula is C11H8F3N2O2. The average molecular weight is 257 g/mol. The molecule has 0 aliphatic carbocycles. The van der Waals surface area contributed by atoms with Crippen LogP contribution in [0.4, 0.5) is 24.5 Å². The summed E-state index contributed by atoms with van der Waals surface area (Å²) in [6, 6.07) is 2.93. The number of nitro groups is 1. The summed E-state index contributed by atoms with van der Waals surface area (Å²) in [5.41, 5.74) is -0.500. The molecule has 0 saturated carbocycles. The molecule has 1 aromatic rings. The van der Waals surface area contributed by atoms with Crippen molar-refractivity contribution < 1.29 is 18.1 Å². The van der Waals surface area contributed by atoms with Crippen molar-refractivity contribution in [1.82, 2.24) is 0 Å². The Hall–Kier alpha value is -2.05. The molecule has 0 bridgehead atoms. The molecule has 1 aliphatic heterocycles. The van der Waals surface area contributed by atoms with Crippen molar-refractivity contribution in [2.45, 2.75) is 5.92 Å². The Morgan fingerprint density at radius 2 is 2.17 bits per heavy atom. The number of hydrogen-bond acceptors (Lipinski definition) is 3. The highest BCUT2D eigenvalue weighted by atomic mass is 19.3. The third kappa shape index (κ3) is 2.44. The molecule has 18 heavy (non-hydrogen) atoms. The number of benzene rings is 1. The lowest BCUT2D eigenvalue weighted by molar-refractivity contribution is -0.385. The topological polar surface area (TPSA) is 46.4 Å². The number of anilines is 1. The Kier molecular flexibility index (Phi) is 2.98. The Morgan fingerprint density at radius 3 is 2.72 bits per heavy atom. The largest absolute Gasteiger partial charge is 0.359 e. The zero-order chi connectivity index (χ0) is 13.3. The summed E-state index contributed by atoms with van der Waals surface area (Å²) in [6.45, 7) is -0.609. The second-order valence-electron chi connectivity index (χ2n) is 3.83. The minimum absolute atomic E-state index is 0.0852. The number of nitrogens with zero attached hydrogens (tertiary/aromatic N) is 2. The highest BCUT2D eigenvalue weighted by Crippen LogP contribution is 2.29. The van der Waals surface area contributed by atoms with Crippen LogP contribution in [0.2, 0.25) is 0 Å². The Morgan fingerprint density at radius 1 is 1.44 bits per heavy atom. The van der Waals surface area contributed by atoms with Crippen LogP contribution in [0, 0.1) is 22.0 Å². The van der Waals surface area contributed by atoms with Crippen molar-refractivity contribution in [2.24, 2.45) is 0 Å². The van der Waals surface area contributed by atoms with Crippen molar-refractivity contribution >= 4 is 11.4 Å². The van der Waals surface area contributed by atoms with Gasteiger partial charge in [-0.1, -0.05) is 6.08 Å². The van der Waals surface area contributed by atoms with Gasteiger partial charge in [0.1, 0.15) is 0 Å². The summed E-state index contributed by atoms with van der Waals surface area (Å²) >= 11 is 0. The van der Waals surface area contributed by atoms with Crippen LogP contribution < -0.4 is 4.90 Å². The van der Waals surface area contributed by atoms with Crippen LogP contribution >= 0.6 is 0 Å². The molecule has 0 atom stereocenters. The minimum atomic E-state index is -3.15. The molecule has 1 heterocycles.